The van der Waals surface area contributed by atoms with Gasteiger partial charge in [-0.3, -0.25) is 0 Å². The Morgan fingerprint density at radius 1 is 1.24 bits per heavy atom. The summed E-state index contributed by atoms with van der Waals surface area (Å²) in [5.74, 6) is 0. The molecule has 2 aromatic rings. The van der Waals surface area contributed by atoms with E-state index in [1.807, 2.05) is 0 Å². The zero-order valence-electron chi connectivity index (χ0n) is 10.5. The SMILES string of the molecule is Cc1cc(N)c(N(C)Cc2cccs2)cc1C. The summed E-state index contributed by atoms with van der Waals surface area (Å²) in [4.78, 5) is 3.55. The summed E-state index contributed by atoms with van der Waals surface area (Å²) in [7, 11) is 2.08. The summed E-state index contributed by atoms with van der Waals surface area (Å²) in [5.41, 5.74) is 10.6. The van der Waals surface area contributed by atoms with Crippen molar-refractivity contribution in [1.82, 2.24) is 0 Å². The molecule has 0 saturated carbocycles. The van der Waals surface area contributed by atoms with E-state index in [9.17, 15) is 0 Å². The maximum absolute atomic E-state index is 6.08. The van der Waals surface area contributed by atoms with Crippen molar-refractivity contribution in [3.05, 3.63) is 45.6 Å². The van der Waals surface area contributed by atoms with Crippen LogP contribution in [0.25, 0.3) is 0 Å². The number of hydrogen-bond acceptors (Lipinski definition) is 3. The third kappa shape index (κ3) is 2.61. The molecule has 0 saturated heterocycles. The molecule has 0 radical (unpaired) electrons. The Morgan fingerprint density at radius 3 is 2.59 bits per heavy atom. The highest BCUT2D eigenvalue weighted by Crippen LogP contribution is 2.27. The fourth-order valence-corrected chi connectivity index (χ4v) is 2.63. The van der Waals surface area contributed by atoms with Crippen LogP contribution in [0.1, 0.15) is 16.0 Å². The molecule has 0 aliphatic rings. The molecule has 1 heterocycles. The number of nitrogens with zero attached hydrogens (tertiary/aromatic N) is 1. The Hall–Kier alpha value is -1.48. The van der Waals surface area contributed by atoms with E-state index in [1.165, 1.54) is 16.0 Å². The highest BCUT2D eigenvalue weighted by atomic mass is 32.1. The van der Waals surface area contributed by atoms with E-state index in [1.54, 1.807) is 11.3 Å². The van der Waals surface area contributed by atoms with Crippen molar-refractivity contribution in [1.29, 1.82) is 0 Å². The Bertz CT molecular complexity index is 503. The fraction of sp³-hybridized carbons (Fsp3) is 0.286. The molecule has 0 unspecified atom stereocenters. The molecule has 0 aliphatic heterocycles. The van der Waals surface area contributed by atoms with Crippen LogP contribution < -0.4 is 10.6 Å². The summed E-state index contributed by atoms with van der Waals surface area (Å²) in [5, 5.41) is 2.10. The van der Waals surface area contributed by atoms with Crippen LogP contribution in [0.4, 0.5) is 11.4 Å². The van der Waals surface area contributed by atoms with Crippen LogP contribution in [0.5, 0.6) is 0 Å². The second kappa shape index (κ2) is 4.80. The van der Waals surface area contributed by atoms with E-state index < -0.39 is 0 Å². The monoisotopic (exact) mass is 246 g/mol. The lowest BCUT2D eigenvalue weighted by molar-refractivity contribution is 0.940. The molecule has 3 heteroatoms. The van der Waals surface area contributed by atoms with Crippen molar-refractivity contribution < 1.29 is 0 Å². The number of nitrogen functional groups attached to an aromatic ring is 1. The van der Waals surface area contributed by atoms with Gasteiger partial charge in [0.1, 0.15) is 0 Å². The van der Waals surface area contributed by atoms with Gasteiger partial charge < -0.3 is 10.6 Å². The Kier molecular flexibility index (Phi) is 3.38. The van der Waals surface area contributed by atoms with E-state index in [-0.39, 0.29) is 0 Å². The van der Waals surface area contributed by atoms with Crippen LogP contribution in [0.15, 0.2) is 29.6 Å². The van der Waals surface area contributed by atoms with Crippen LogP contribution in [-0.2, 0) is 6.54 Å². The molecule has 0 atom stereocenters. The highest BCUT2D eigenvalue weighted by molar-refractivity contribution is 7.09. The van der Waals surface area contributed by atoms with Crippen molar-refractivity contribution in [3.8, 4) is 0 Å². The minimum Gasteiger partial charge on any atom is -0.397 e. The van der Waals surface area contributed by atoms with Gasteiger partial charge in [0.2, 0.25) is 0 Å². The van der Waals surface area contributed by atoms with Gasteiger partial charge in [-0.25, -0.2) is 0 Å². The molecule has 1 aromatic carbocycles. The second-order valence-electron chi connectivity index (χ2n) is 4.43. The number of rotatable bonds is 3. The predicted molar refractivity (Wildman–Crippen MR) is 76.8 cm³/mol. The second-order valence-corrected chi connectivity index (χ2v) is 5.46. The number of benzene rings is 1. The lowest BCUT2D eigenvalue weighted by Gasteiger charge is -2.21. The molecule has 0 fully saturated rings. The normalized spacial score (nSPS) is 10.5. The maximum atomic E-state index is 6.08. The number of anilines is 2. The van der Waals surface area contributed by atoms with Gasteiger partial charge in [0.25, 0.3) is 0 Å². The molecule has 90 valence electrons. The maximum Gasteiger partial charge on any atom is 0.0603 e. The Labute approximate surface area is 107 Å². The van der Waals surface area contributed by atoms with Crippen LogP contribution >= 0.6 is 11.3 Å². The van der Waals surface area contributed by atoms with Gasteiger partial charge in [0.05, 0.1) is 17.9 Å². The van der Waals surface area contributed by atoms with Gasteiger partial charge in [0.15, 0.2) is 0 Å². The van der Waals surface area contributed by atoms with Crippen LogP contribution in [0, 0.1) is 13.8 Å². The van der Waals surface area contributed by atoms with E-state index in [2.05, 4.69) is 55.4 Å². The number of nitrogens with two attached hydrogens (primary N) is 1. The van der Waals surface area contributed by atoms with E-state index >= 15 is 0 Å². The van der Waals surface area contributed by atoms with Gasteiger partial charge in [-0.2, -0.15) is 0 Å². The standard InChI is InChI=1S/C14H18N2S/c1-10-7-13(15)14(8-11(10)2)16(3)9-12-5-4-6-17-12/h4-8H,9,15H2,1-3H3. The van der Waals surface area contributed by atoms with Gasteiger partial charge in [0, 0.05) is 11.9 Å². The Balaban J connectivity index is 2.24. The van der Waals surface area contributed by atoms with E-state index in [0.29, 0.717) is 0 Å². The third-order valence-corrected chi connectivity index (χ3v) is 3.89. The average molecular weight is 246 g/mol. The molecule has 17 heavy (non-hydrogen) atoms. The number of thiophene rings is 1. The van der Waals surface area contributed by atoms with Crippen molar-refractivity contribution in [2.24, 2.45) is 0 Å². The molecular weight excluding hydrogens is 228 g/mol. The van der Waals surface area contributed by atoms with Crippen molar-refractivity contribution in [2.45, 2.75) is 20.4 Å². The first-order valence-electron chi connectivity index (χ1n) is 5.68. The summed E-state index contributed by atoms with van der Waals surface area (Å²) in [6.07, 6.45) is 0. The number of aryl methyl sites for hydroxylation is 2. The molecule has 0 amide bonds. The number of hydrogen-bond donors (Lipinski definition) is 1. The van der Waals surface area contributed by atoms with E-state index in [4.69, 9.17) is 5.73 Å². The first-order valence-corrected chi connectivity index (χ1v) is 6.56. The minimum atomic E-state index is 0.854. The summed E-state index contributed by atoms with van der Waals surface area (Å²) in [6.45, 7) is 5.12. The molecule has 0 bridgehead atoms. The largest absolute Gasteiger partial charge is 0.397 e. The highest BCUT2D eigenvalue weighted by Gasteiger charge is 2.08. The van der Waals surface area contributed by atoms with Crippen molar-refractivity contribution in [2.75, 3.05) is 17.7 Å². The van der Waals surface area contributed by atoms with Gasteiger partial charge >= 0.3 is 0 Å². The quantitative estimate of drug-likeness (QED) is 0.839. The predicted octanol–water partition coefficient (Wildman–Crippen LogP) is 3.58. The molecule has 2 N–H and O–H groups in total. The lowest BCUT2D eigenvalue weighted by Crippen LogP contribution is -2.17. The van der Waals surface area contributed by atoms with Crippen molar-refractivity contribution >= 4 is 22.7 Å². The molecular formula is C14H18N2S. The molecule has 1 aromatic heterocycles. The summed E-state index contributed by atoms with van der Waals surface area (Å²) < 4.78 is 0. The minimum absolute atomic E-state index is 0.854. The van der Waals surface area contributed by atoms with Crippen LogP contribution in [-0.4, -0.2) is 7.05 Å². The van der Waals surface area contributed by atoms with Crippen molar-refractivity contribution in [3.63, 3.8) is 0 Å². The molecule has 2 nitrogen and oxygen atoms in total. The molecule has 0 spiro atoms. The fourth-order valence-electron chi connectivity index (χ4n) is 1.88. The zero-order chi connectivity index (χ0) is 12.4. The average Bonchev–Trinajstić information content (AvgIpc) is 2.76. The first kappa shape index (κ1) is 12.0. The van der Waals surface area contributed by atoms with E-state index in [0.717, 1.165) is 17.9 Å². The summed E-state index contributed by atoms with van der Waals surface area (Å²) >= 11 is 1.78. The molecule has 2 rings (SSSR count). The zero-order valence-corrected chi connectivity index (χ0v) is 11.3. The summed E-state index contributed by atoms with van der Waals surface area (Å²) in [6, 6.07) is 8.45. The van der Waals surface area contributed by atoms with Gasteiger partial charge in [-0.15, -0.1) is 11.3 Å². The Morgan fingerprint density at radius 2 is 1.94 bits per heavy atom. The lowest BCUT2D eigenvalue weighted by atomic mass is 10.1. The smallest absolute Gasteiger partial charge is 0.0603 e. The first-order chi connectivity index (χ1) is 8.08. The third-order valence-electron chi connectivity index (χ3n) is 3.03. The van der Waals surface area contributed by atoms with Gasteiger partial charge in [-0.05, 0) is 48.6 Å². The van der Waals surface area contributed by atoms with Crippen LogP contribution in [0.3, 0.4) is 0 Å². The van der Waals surface area contributed by atoms with Gasteiger partial charge in [-0.1, -0.05) is 6.07 Å². The topological polar surface area (TPSA) is 29.3 Å². The molecule has 0 aliphatic carbocycles. The van der Waals surface area contributed by atoms with Crippen LogP contribution in [0.2, 0.25) is 0 Å².